The second-order valence-corrected chi connectivity index (χ2v) is 6.02. The molecule has 0 amide bonds. The Morgan fingerprint density at radius 2 is 2.00 bits per heavy atom. The zero-order valence-electron chi connectivity index (χ0n) is 12.0. The van der Waals surface area contributed by atoms with Gasteiger partial charge in [-0.05, 0) is 50.7 Å². The fourth-order valence-corrected chi connectivity index (χ4v) is 3.28. The molecule has 0 aliphatic carbocycles. The highest BCUT2D eigenvalue weighted by Gasteiger charge is 2.13. The number of likely N-dealkylation sites (tertiary alicyclic amines) is 1. The summed E-state index contributed by atoms with van der Waals surface area (Å²) in [6.45, 7) is 5.58. The number of nitrogens with zero attached hydrogens (tertiary/aromatic N) is 2. The van der Waals surface area contributed by atoms with E-state index in [0.29, 0.717) is 0 Å². The number of nitrogens with one attached hydrogen (secondary N) is 1. The first-order valence-corrected chi connectivity index (χ1v) is 7.80. The van der Waals surface area contributed by atoms with Crippen molar-refractivity contribution in [3.05, 3.63) is 35.0 Å². The number of aromatic nitrogens is 1. The number of hydrogen-bond acceptors (Lipinski definition) is 2. The Balaban J connectivity index is 1.86. The van der Waals surface area contributed by atoms with Crippen LogP contribution in [0.5, 0.6) is 0 Å². The Labute approximate surface area is 125 Å². The Morgan fingerprint density at radius 3 is 2.75 bits per heavy atom. The van der Waals surface area contributed by atoms with Crippen molar-refractivity contribution >= 4 is 22.5 Å². The molecule has 0 bridgehead atoms. The van der Waals surface area contributed by atoms with Gasteiger partial charge in [0.05, 0.1) is 0 Å². The Hall–Kier alpha value is -1.03. The minimum absolute atomic E-state index is 0.814. The lowest BCUT2D eigenvalue weighted by Crippen LogP contribution is -2.23. The van der Waals surface area contributed by atoms with Gasteiger partial charge in [0, 0.05) is 41.8 Å². The molecule has 1 aliphatic heterocycles. The predicted octanol–water partition coefficient (Wildman–Crippen LogP) is 3.11. The number of hydrogen-bond donors (Lipinski definition) is 1. The summed E-state index contributed by atoms with van der Waals surface area (Å²) in [5.41, 5.74) is 2.60. The molecular formula is C16H22ClN3. The third-order valence-electron chi connectivity index (χ3n) is 4.15. The van der Waals surface area contributed by atoms with Crippen molar-refractivity contribution in [2.75, 3.05) is 26.7 Å². The Morgan fingerprint density at radius 1 is 1.20 bits per heavy atom. The summed E-state index contributed by atoms with van der Waals surface area (Å²) < 4.78 is 2.35. The molecule has 1 fully saturated rings. The molecule has 108 valence electrons. The van der Waals surface area contributed by atoms with Crippen molar-refractivity contribution in [3.8, 4) is 0 Å². The van der Waals surface area contributed by atoms with E-state index in [2.05, 4.69) is 33.1 Å². The van der Waals surface area contributed by atoms with Crippen LogP contribution in [-0.4, -0.2) is 36.1 Å². The summed E-state index contributed by atoms with van der Waals surface area (Å²) in [6, 6.07) is 6.20. The summed E-state index contributed by atoms with van der Waals surface area (Å²) in [5, 5.41) is 5.37. The monoisotopic (exact) mass is 291 g/mol. The average molecular weight is 292 g/mol. The van der Waals surface area contributed by atoms with Gasteiger partial charge >= 0.3 is 0 Å². The molecule has 4 heteroatoms. The molecule has 1 N–H and O–H groups in total. The van der Waals surface area contributed by atoms with Crippen LogP contribution >= 0.6 is 11.6 Å². The molecule has 0 unspecified atom stereocenters. The summed E-state index contributed by atoms with van der Waals surface area (Å²) >= 11 is 6.16. The smallest absolute Gasteiger partial charge is 0.0499 e. The lowest BCUT2D eigenvalue weighted by molar-refractivity contribution is 0.324. The van der Waals surface area contributed by atoms with Crippen molar-refractivity contribution in [2.45, 2.75) is 25.9 Å². The van der Waals surface area contributed by atoms with Crippen LogP contribution in [0.2, 0.25) is 5.02 Å². The normalized spacial score (nSPS) is 16.3. The maximum Gasteiger partial charge on any atom is 0.0499 e. The van der Waals surface area contributed by atoms with Gasteiger partial charge in [0.25, 0.3) is 0 Å². The summed E-state index contributed by atoms with van der Waals surface area (Å²) in [5.74, 6) is 0. The molecule has 1 aromatic carbocycles. The molecule has 1 aromatic heterocycles. The van der Waals surface area contributed by atoms with Gasteiger partial charge in [0.1, 0.15) is 0 Å². The minimum atomic E-state index is 0.814. The van der Waals surface area contributed by atoms with E-state index in [-0.39, 0.29) is 0 Å². The summed E-state index contributed by atoms with van der Waals surface area (Å²) in [4.78, 5) is 2.55. The van der Waals surface area contributed by atoms with Crippen LogP contribution in [0.15, 0.2) is 24.4 Å². The van der Waals surface area contributed by atoms with Gasteiger partial charge < -0.3 is 14.8 Å². The maximum atomic E-state index is 6.16. The topological polar surface area (TPSA) is 20.2 Å². The van der Waals surface area contributed by atoms with E-state index < -0.39 is 0 Å². The van der Waals surface area contributed by atoms with Gasteiger partial charge in [-0.3, -0.25) is 0 Å². The molecule has 20 heavy (non-hydrogen) atoms. The first kappa shape index (κ1) is 13.9. The molecule has 0 atom stereocenters. The van der Waals surface area contributed by atoms with Gasteiger partial charge in [0.15, 0.2) is 0 Å². The third kappa shape index (κ3) is 2.85. The first-order valence-electron chi connectivity index (χ1n) is 7.42. The van der Waals surface area contributed by atoms with E-state index >= 15 is 0 Å². The van der Waals surface area contributed by atoms with Crippen LogP contribution in [0.25, 0.3) is 10.9 Å². The highest BCUT2D eigenvalue weighted by Crippen LogP contribution is 2.25. The molecule has 3 rings (SSSR count). The fraction of sp³-hybridized carbons (Fsp3) is 0.500. The van der Waals surface area contributed by atoms with E-state index in [1.165, 1.54) is 42.4 Å². The highest BCUT2D eigenvalue weighted by atomic mass is 35.5. The standard InChI is InChI=1S/C16H22ClN3/c1-18-11-13-12-20(9-8-19-6-2-3-7-19)16-10-14(17)4-5-15(13)16/h4-5,10,12,18H,2-3,6-9,11H2,1H3. The first-order chi connectivity index (χ1) is 9.78. The van der Waals surface area contributed by atoms with Crippen molar-refractivity contribution in [2.24, 2.45) is 0 Å². The largest absolute Gasteiger partial charge is 0.346 e. The van der Waals surface area contributed by atoms with E-state index in [4.69, 9.17) is 11.6 Å². The quantitative estimate of drug-likeness (QED) is 0.913. The summed E-state index contributed by atoms with van der Waals surface area (Å²) in [7, 11) is 1.99. The van der Waals surface area contributed by atoms with E-state index in [1.54, 1.807) is 0 Å². The van der Waals surface area contributed by atoms with Crippen LogP contribution < -0.4 is 5.32 Å². The number of halogens is 1. The van der Waals surface area contributed by atoms with Gasteiger partial charge in [0.2, 0.25) is 0 Å². The van der Waals surface area contributed by atoms with E-state index in [9.17, 15) is 0 Å². The van der Waals surface area contributed by atoms with Crippen LogP contribution in [0.3, 0.4) is 0 Å². The van der Waals surface area contributed by atoms with E-state index in [1.807, 2.05) is 13.1 Å². The van der Waals surface area contributed by atoms with Crippen LogP contribution in [0.4, 0.5) is 0 Å². The lowest BCUT2D eigenvalue weighted by atomic mass is 10.2. The average Bonchev–Trinajstić information content (AvgIpc) is 3.05. The second-order valence-electron chi connectivity index (χ2n) is 5.59. The lowest BCUT2D eigenvalue weighted by Gasteiger charge is -2.15. The predicted molar refractivity (Wildman–Crippen MR) is 85.4 cm³/mol. The number of benzene rings is 1. The molecule has 0 spiro atoms. The molecule has 1 aliphatic rings. The van der Waals surface area contributed by atoms with Crippen LogP contribution in [0.1, 0.15) is 18.4 Å². The molecular weight excluding hydrogens is 270 g/mol. The van der Waals surface area contributed by atoms with Crippen molar-refractivity contribution < 1.29 is 0 Å². The zero-order chi connectivity index (χ0) is 13.9. The van der Waals surface area contributed by atoms with Gasteiger partial charge in [-0.25, -0.2) is 0 Å². The number of fused-ring (bicyclic) bond motifs is 1. The molecule has 2 heterocycles. The highest BCUT2D eigenvalue weighted by molar-refractivity contribution is 6.31. The minimum Gasteiger partial charge on any atom is -0.346 e. The number of rotatable bonds is 5. The van der Waals surface area contributed by atoms with Crippen molar-refractivity contribution in [3.63, 3.8) is 0 Å². The molecule has 0 saturated carbocycles. The molecule has 3 nitrogen and oxygen atoms in total. The zero-order valence-corrected chi connectivity index (χ0v) is 12.8. The van der Waals surface area contributed by atoms with Crippen molar-refractivity contribution in [1.29, 1.82) is 0 Å². The third-order valence-corrected chi connectivity index (χ3v) is 4.38. The van der Waals surface area contributed by atoms with Gasteiger partial charge in [-0.15, -0.1) is 0 Å². The van der Waals surface area contributed by atoms with E-state index in [0.717, 1.165) is 24.7 Å². The molecule has 0 radical (unpaired) electrons. The summed E-state index contributed by atoms with van der Waals surface area (Å²) in [6.07, 6.45) is 4.97. The SMILES string of the molecule is CNCc1cn(CCN2CCCC2)c2cc(Cl)ccc12. The second kappa shape index (κ2) is 6.17. The van der Waals surface area contributed by atoms with Crippen LogP contribution in [-0.2, 0) is 13.1 Å². The van der Waals surface area contributed by atoms with Gasteiger partial charge in [-0.2, -0.15) is 0 Å². The van der Waals surface area contributed by atoms with Crippen molar-refractivity contribution in [1.82, 2.24) is 14.8 Å². The van der Waals surface area contributed by atoms with Crippen LogP contribution in [0, 0.1) is 0 Å². The maximum absolute atomic E-state index is 6.16. The molecule has 1 saturated heterocycles. The Kier molecular flexibility index (Phi) is 4.29. The fourth-order valence-electron chi connectivity index (χ4n) is 3.11. The Bertz CT molecular complexity index is 585. The molecule has 2 aromatic rings. The van der Waals surface area contributed by atoms with Gasteiger partial charge in [-0.1, -0.05) is 17.7 Å².